The largest absolute Gasteiger partial charge is 0.466 e. The van der Waals surface area contributed by atoms with E-state index < -0.39 is 12.0 Å². The van der Waals surface area contributed by atoms with Gasteiger partial charge in [0.1, 0.15) is 0 Å². The fourth-order valence-corrected chi connectivity index (χ4v) is 3.22. The van der Waals surface area contributed by atoms with Gasteiger partial charge in [0.25, 0.3) is 5.91 Å². The predicted octanol–water partition coefficient (Wildman–Crippen LogP) is 3.09. The van der Waals surface area contributed by atoms with Crippen LogP contribution in [0.5, 0.6) is 0 Å². The maximum atomic E-state index is 12.4. The van der Waals surface area contributed by atoms with Crippen LogP contribution in [0.2, 0.25) is 0 Å². The lowest BCUT2D eigenvalue weighted by atomic mass is 9.94. The molecule has 1 rings (SSSR count). The molecule has 0 fully saturated rings. The van der Waals surface area contributed by atoms with Crippen molar-refractivity contribution in [3.05, 3.63) is 35.9 Å². The summed E-state index contributed by atoms with van der Waals surface area (Å²) in [6, 6.07) is 8.24. The van der Waals surface area contributed by atoms with Gasteiger partial charge in [0.05, 0.1) is 13.2 Å². The number of benzene rings is 1. The maximum absolute atomic E-state index is 12.4. The molecule has 9 nitrogen and oxygen atoms in total. The van der Waals surface area contributed by atoms with E-state index in [9.17, 15) is 24.3 Å². The Labute approximate surface area is 189 Å². The molecule has 0 spiro atoms. The van der Waals surface area contributed by atoms with Gasteiger partial charge >= 0.3 is 18.0 Å². The minimum absolute atomic E-state index is 0.00246. The highest BCUT2D eigenvalue weighted by atomic mass is 16.5. The molecule has 0 aromatic heterocycles. The van der Waals surface area contributed by atoms with Gasteiger partial charge in [-0.2, -0.15) is 0 Å². The Hall–Kier alpha value is -2.94. The minimum Gasteiger partial charge on any atom is -0.466 e. The van der Waals surface area contributed by atoms with E-state index in [2.05, 4.69) is 5.32 Å². The SMILES string of the molecule is CCOC(=O)CC(CCC(C)NCCN(C(=O)O)C(=O)c1ccccc1)CC(=O)OCC. The van der Waals surface area contributed by atoms with Gasteiger partial charge in [-0.25, -0.2) is 9.69 Å². The minimum atomic E-state index is -1.31. The van der Waals surface area contributed by atoms with Crippen LogP contribution in [0.3, 0.4) is 0 Å². The van der Waals surface area contributed by atoms with Crippen LogP contribution in [-0.2, 0) is 19.1 Å². The smallest absolute Gasteiger partial charge is 0.414 e. The number of amides is 2. The van der Waals surface area contributed by atoms with E-state index in [0.717, 1.165) is 4.90 Å². The van der Waals surface area contributed by atoms with E-state index in [-0.39, 0.29) is 63.0 Å². The van der Waals surface area contributed by atoms with Crippen molar-refractivity contribution in [3.8, 4) is 0 Å². The number of carbonyl (C=O) groups excluding carboxylic acids is 3. The molecular formula is C23H34N2O7. The molecule has 0 aliphatic heterocycles. The van der Waals surface area contributed by atoms with Crippen molar-refractivity contribution in [2.45, 2.75) is 52.5 Å². The summed E-state index contributed by atoms with van der Waals surface area (Å²) in [5, 5.41) is 12.6. The molecular weight excluding hydrogens is 416 g/mol. The van der Waals surface area contributed by atoms with Crippen molar-refractivity contribution in [2.75, 3.05) is 26.3 Å². The van der Waals surface area contributed by atoms with Gasteiger partial charge in [-0.3, -0.25) is 14.4 Å². The highest BCUT2D eigenvalue weighted by Crippen LogP contribution is 2.19. The number of carboxylic acid groups (broad SMARTS) is 1. The number of esters is 2. The third kappa shape index (κ3) is 10.4. The van der Waals surface area contributed by atoms with Gasteiger partial charge in [-0.05, 0) is 51.7 Å². The number of hydrogen-bond donors (Lipinski definition) is 2. The van der Waals surface area contributed by atoms with E-state index >= 15 is 0 Å². The Bertz CT molecular complexity index is 719. The molecule has 178 valence electrons. The van der Waals surface area contributed by atoms with Crippen LogP contribution in [0.15, 0.2) is 30.3 Å². The molecule has 9 heteroatoms. The fourth-order valence-electron chi connectivity index (χ4n) is 3.22. The molecule has 0 radical (unpaired) electrons. The van der Waals surface area contributed by atoms with Crippen LogP contribution in [0.4, 0.5) is 4.79 Å². The van der Waals surface area contributed by atoms with Crippen molar-refractivity contribution in [1.29, 1.82) is 0 Å². The number of imide groups is 1. The topological polar surface area (TPSA) is 122 Å². The lowest BCUT2D eigenvalue weighted by molar-refractivity contribution is -0.147. The van der Waals surface area contributed by atoms with Gasteiger partial charge in [0.15, 0.2) is 0 Å². The molecule has 1 unspecified atom stereocenters. The summed E-state index contributed by atoms with van der Waals surface area (Å²) in [6.07, 6.45) is 0.216. The monoisotopic (exact) mass is 450 g/mol. The normalized spacial score (nSPS) is 11.6. The van der Waals surface area contributed by atoms with Gasteiger partial charge in [-0.1, -0.05) is 18.2 Å². The van der Waals surface area contributed by atoms with Crippen molar-refractivity contribution in [3.63, 3.8) is 0 Å². The summed E-state index contributed by atoms with van der Waals surface area (Å²) in [5.74, 6) is -1.47. The zero-order valence-corrected chi connectivity index (χ0v) is 19.0. The molecule has 32 heavy (non-hydrogen) atoms. The summed E-state index contributed by atoms with van der Waals surface area (Å²) in [7, 11) is 0. The maximum Gasteiger partial charge on any atom is 0.414 e. The van der Waals surface area contributed by atoms with Gasteiger partial charge in [0.2, 0.25) is 0 Å². The first-order chi connectivity index (χ1) is 15.3. The second-order valence-corrected chi connectivity index (χ2v) is 7.42. The second-order valence-electron chi connectivity index (χ2n) is 7.42. The van der Waals surface area contributed by atoms with Crippen LogP contribution in [0.1, 0.15) is 56.8 Å². The predicted molar refractivity (Wildman–Crippen MR) is 118 cm³/mol. The van der Waals surface area contributed by atoms with Crippen molar-refractivity contribution in [2.24, 2.45) is 5.92 Å². The van der Waals surface area contributed by atoms with Crippen LogP contribution >= 0.6 is 0 Å². The Morgan fingerprint density at radius 3 is 2.03 bits per heavy atom. The molecule has 0 saturated heterocycles. The highest BCUT2D eigenvalue weighted by molar-refractivity contribution is 6.02. The van der Waals surface area contributed by atoms with Crippen LogP contribution in [0.25, 0.3) is 0 Å². The van der Waals surface area contributed by atoms with Crippen molar-refractivity contribution < 1.29 is 33.8 Å². The molecule has 1 aromatic carbocycles. The summed E-state index contributed by atoms with van der Waals surface area (Å²) in [6.45, 7) is 6.24. The summed E-state index contributed by atoms with van der Waals surface area (Å²) >= 11 is 0. The molecule has 0 heterocycles. The Kier molecular flexibility index (Phi) is 12.7. The van der Waals surface area contributed by atoms with E-state index in [0.29, 0.717) is 18.4 Å². The molecule has 1 atom stereocenters. The first-order valence-corrected chi connectivity index (χ1v) is 10.9. The molecule has 0 saturated carbocycles. The van der Waals surface area contributed by atoms with E-state index in [1.807, 2.05) is 6.92 Å². The fraction of sp³-hybridized carbons (Fsp3) is 0.565. The third-order valence-electron chi connectivity index (χ3n) is 4.85. The molecule has 2 N–H and O–H groups in total. The van der Waals surface area contributed by atoms with Crippen LogP contribution in [-0.4, -0.2) is 66.3 Å². The Morgan fingerprint density at radius 2 is 1.53 bits per heavy atom. The van der Waals surface area contributed by atoms with Gasteiger partial charge in [0, 0.05) is 37.5 Å². The number of ether oxygens (including phenoxy) is 2. The molecule has 0 aliphatic rings. The quantitative estimate of drug-likeness (QED) is 0.415. The third-order valence-corrected chi connectivity index (χ3v) is 4.85. The number of nitrogens with one attached hydrogen (secondary N) is 1. The van der Waals surface area contributed by atoms with Crippen molar-refractivity contribution in [1.82, 2.24) is 10.2 Å². The average Bonchev–Trinajstić information content (AvgIpc) is 2.75. The standard InChI is InChI=1S/C23H34N2O7/c1-4-31-20(26)15-18(16-21(27)32-5-2)12-11-17(3)24-13-14-25(23(29)30)22(28)19-9-7-6-8-10-19/h6-10,17-18,24H,4-5,11-16H2,1-3H3,(H,29,30). The lowest BCUT2D eigenvalue weighted by Crippen LogP contribution is -2.42. The number of carbonyl (C=O) groups is 4. The highest BCUT2D eigenvalue weighted by Gasteiger charge is 2.23. The van der Waals surface area contributed by atoms with Gasteiger partial charge < -0.3 is 19.9 Å². The molecule has 1 aromatic rings. The summed E-state index contributed by atoms with van der Waals surface area (Å²) < 4.78 is 9.99. The second kappa shape index (κ2) is 15.0. The van der Waals surface area contributed by atoms with Gasteiger partial charge in [-0.15, -0.1) is 0 Å². The molecule has 2 amide bonds. The van der Waals surface area contributed by atoms with E-state index in [4.69, 9.17) is 9.47 Å². The Morgan fingerprint density at radius 1 is 0.969 bits per heavy atom. The number of rotatable bonds is 14. The first kappa shape index (κ1) is 27.1. The van der Waals surface area contributed by atoms with E-state index in [1.165, 1.54) is 0 Å². The number of hydrogen-bond acceptors (Lipinski definition) is 7. The van der Waals surface area contributed by atoms with Crippen LogP contribution < -0.4 is 5.32 Å². The molecule has 0 aliphatic carbocycles. The zero-order valence-electron chi connectivity index (χ0n) is 19.0. The summed E-state index contributed by atoms with van der Waals surface area (Å²) in [4.78, 5) is 48.4. The number of nitrogens with zero attached hydrogens (tertiary/aromatic N) is 1. The average molecular weight is 451 g/mol. The lowest BCUT2D eigenvalue weighted by Gasteiger charge is -2.21. The van der Waals surface area contributed by atoms with Crippen molar-refractivity contribution >= 4 is 23.9 Å². The van der Waals surface area contributed by atoms with E-state index in [1.54, 1.807) is 44.2 Å². The Balaban J connectivity index is 2.53. The van der Waals surface area contributed by atoms with Crippen LogP contribution in [0, 0.1) is 5.92 Å². The molecule has 0 bridgehead atoms. The first-order valence-electron chi connectivity index (χ1n) is 10.9. The summed E-state index contributed by atoms with van der Waals surface area (Å²) in [5.41, 5.74) is 0.309. The zero-order chi connectivity index (χ0) is 23.9.